The quantitative estimate of drug-likeness (QED) is 0.828. The van der Waals surface area contributed by atoms with Crippen LogP contribution in [0, 0.1) is 0 Å². The standard InChI is InChI=1S/C9H13BrN2OS/c1-9(2,3)7-4(10)5(11)6(14-7)8(12)13/h11H2,1-3H3,(H2,12,13). The van der Waals surface area contributed by atoms with Crippen molar-refractivity contribution in [2.75, 3.05) is 5.73 Å². The summed E-state index contributed by atoms with van der Waals surface area (Å²) in [5, 5.41) is 0. The SMILES string of the molecule is CC(C)(C)c1sc(C(N)=O)c(N)c1Br. The van der Waals surface area contributed by atoms with Crippen LogP contribution in [0.15, 0.2) is 4.47 Å². The minimum Gasteiger partial charge on any atom is -0.396 e. The van der Waals surface area contributed by atoms with E-state index in [2.05, 4.69) is 36.7 Å². The van der Waals surface area contributed by atoms with Crippen molar-refractivity contribution in [3.05, 3.63) is 14.2 Å². The summed E-state index contributed by atoms with van der Waals surface area (Å²) in [7, 11) is 0. The molecule has 4 N–H and O–H groups in total. The maximum absolute atomic E-state index is 11.0. The zero-order valence-corrected chi connectivity index (χ0v) is 10.8. The monoisotopic (exact) mass is 276 g/mol. The number of carbonyl (C=O) groups excluding carboxylic acids is 1. The van der Waals surface area contributed by atoms with Gasteiger partial charge in [0.15, 0.2) is 0 Å². The molecule has 78 valence electrons. The Morgan fingerprint density at radius 1 is 1.43 bits per heavy atom. The lowest BCUT2D eigenvalue weighted by molar-refractivity contribution is 0.100. The normalized spacial score (nSPS) is 11.7. The first-order valence-electron chi connectivity index (χ1n) is 4.13. The highest BCUT2D eigenvalue weighted by Crippen LogP contribution is 2.42. The molecule has 5 heteroatoms. The number of carbonyl (C=O) groups is 1. The van der Waals surface area contributed by atoms with Crippen LogP contribution >= 0.6 is 27.3 Å². The van der Waals surface area contributed by atoms with Crippen LogP contribution in [0.25, 0.3) is 0 Å². The average molecular weight is 277 g/mol. The molecule has 1 heterocycles. The van der Waals surface area contributed by atoms with Crippen LogP contribution in [0.2, 0.25) is 0 Å². The fourth-order valence-electron chi connectivity index (χ4n) is 1.09. The molecule has 0 aliphatic rings. The van der Waals surface area contributed by atoms with Crippen LogP contribution in [0.4, 0.5) is 5.69 Å². The van der Waals surface area contributed by atoms with Gasteiger partial charge in [-0.15, -0.1) is 11.3 Å². The number of primary amides is 1. The Morgan fingerprint density at radius 2 is 1.93 bits per heavy atom. The van der Waals surface area contributed by atoms with Gasteiger partial charge in [0.05, 0.1) is 10.2 Å². The highest BCUT2D eigenvalue weighted by molar-refractivity contribution is 9.10. The van der Waals surface area contributed by atoms with E-state index in [-0.39, 0.29) is 5.41 Å². The third-order valence-corrected chi connectivity index (χ3v) is 4.52. The number of halogens is 1. The molecule has 0 saturated carbocycles. The van der Waals surface area contributed by atoms with Crippen LogP contribution < -0.4 is 11.5 Å². The van der Waals surface area contributed by atoms with Gasteiger partial charge in [0.1, 0.15) is 4.88 Å². The van der Waals surface area contributed by atoms with Gasteiger partial charge in [0.2, 0.25) is 0 Å². The Balaban J connectivity index is 3.37. The van der Waals surface area contributed by atoms with Gasteiger partial charge < -0.3 is 11.5 Å². The molecule has 14 heavy (non-hydrogen) atoms. The van der Waals surface area contributed by atoms with Gasteiger partial charge in [-0.3, -0.25) is 4.79 Å². The summed E-state index contributed by atoms with van der Waals surface area (Å²) in [5.41, 5.74) is 11.4. The fourth-order valence-corrected chi connectivity index (χ4v) is 3.28. The first kappa shape index (κ1) is 11.5. The van der Waals surface area contributed by atoms with Gasteiger partial charge in [-0.1, -0.05) is 20.8 Å². The second-order valence-electron chi connectivity index (χ2n) is 4.10. The lowest BCUT2D eigenvalue weighted by atomic mass is 9.94. The largest absolute Gasteiger partial charge is 0.396 e. The van der Waals surface area contributed by atoms with E-state index in [1.54, 1.807) is 0 Å². The summed E-state index contributed by atoms with van der Waals surface area (Å²) in [4.78, 5) is 12.5. The van der Waals surface area contributed by atoms with Gasteiger partial charge in [-0.05, 0) is 21.3 Å². The second-order valence-corrected chi connectivity index (χ2v) is 5.92. The van der Waals surface area contributed by atoms with Crippen molar-refractivity contribution in [2.24, 2.45) is 5.73 Å². The summed E-state index contributed by atoms with van der Waals surface area (Å²) in [5.74, 6) is -0.469. The van der Waals surface area contributed by atoms with Crippen molar-refractivity contribution in [3.63, 3.8) is 0 Å². The predicted octanol–water partition coefficient (Wildman–Crippen LogP) is 2.49. The van der Waals surface area contributed by atoms with Gasteiger partial charge in [-0.2, -0.15) is 0 Å². The first-order valence-corrected chi connectivity index (χ1v) is 5.74. The van der Waals surface area contributed by atoms with Crippen molar-refractivity contribution in [1.29, 1.82) is 0 Å². The number of thiophene rings is 1. The molecule has 0 spiro atoms. The Hall–Kier alpha value is -0.550. The summed E-state index contributed by atoms with van der Waals surface area (Å²) in [6.07, 6.45) is 0. The van der Waals surface area contributed by atoms with Crippen LogP contribution in [0.5, 0.6) is 0 Å². The molecular weight excluding hydrogens is 264 g/mol. The molecule has 0 atom stereocenters. The lowest BCUT2D eigenvalue weighted by Crippen LogP contribution is -2.10. The third-order valence-electron chi connectivity index (χ3n) is 1.79. The molecule has 0 fully saturated rings. The molecular formula is C9H13BrN2OS. The summed E-state index contributed by atoms with van der Waals surface area (Å²) >= 11 is 4.74. The Labute approximate surface area is 95.6 Å². The van der Waals surface area contributed by atoms with Crippen molar-refractivity contribution < 1.29 is 4.79 Å². The average Bonchev–Trinajstić information content (AvgIpc) is 2.28. The number of hydrogen-bond donors (Lipinski definition) is 2. The summed E-state index contributed by atoms with van der Waals surface area (Å²) in [6, 6.07) is 0. The zero-order chi connectivity index (χ0) is 11.1. The van der Waals surface area contributed by atoms with Crippen molar-refractivity contribution >= 4 is 38.9 Å². The molecule has 1 amide bonds. The summed E-state index contributed by atoms with van der Waals surface area (Å²) < 4.78 is 0.795. The number of nitrogen functional groups attached to an aromatic ring is 1. The second kappa shape index (κ2) is 3.55. The predicted molar refractivity (Wildman–Crippen MR) is 63.6 cm³/mol. The highest BCUT2D eigenvalue weighted by atomic mass is 79.9. The van der Waals surface area contributed by atoms with Crippen LogP contribution in [0.3, 0.4) is 0 Å². The molecule has 0 unspecified atom stereocenters. The summed E-state index contributed by atoms with van der Waals surface area (Å²) in [6.45, 7) is 6.19. The Bertz CT molecular complexity index is 379. The molecule has 0 aromatic carbocycles. The Morgan fingerprint density at radius 3 is 2.14 bits per heavy atom. The minimum atomic E-state index is -0.469. The van der Waals surface area contributed by atoms with Gasteiger partial charge in [-0.25, -0.2) is 0 Å². The highest BCUT2D eigenvalue weighted by Gasteiger charge is 2.25. The number of hydrogen-bond acceptors (Lipinski definition) is 3. The van der Waals surface area contributed by atoms with E-state index in [4.69, 9.17) is 11.5 Å². The zero-order valence-electron chi connectivity index (χ0n) is 8.35. The van der Waals surface area contributed by atoms with Crippen molar-refractivity contribution in [2.45, 2.75) is 26.2 Å². The minimum absolute atomic E-state index is 0.0364. The number of anilines is 1. The molecule has 1 rings (SSSR count). The number of nitrogens with two attached hydrogens (primary N) is 2. The van der Waals surface area contributed by atoms with E-state index in [1.165, 1.54) is 11.3 Å². The van der Waals surface area contributed by atoms with Crippen LogP contribution in [0.1, 0.15) is 35.3 Å². The van der Waals surface area contributed by atoms with E-state index in [0.29, 0.717) is 10.6 Å². The molecule has 1 aromatic heterocycles. The Kier molecular flexibility index (Phi) is 2.92. The molecule has 0 bridgehead atoms. The lowest BCUT2D eigenvalue weighted by Gasteiger charge is -2.16. The third kappa shape index (κ3) is 1.93. The maximum Gasteiger partial charge on any atom is 0.260 e. The number of rotatable bonds is 1. The smallest absolute Gasteiger partial charge is 0.260 e. The van der Waals surface area contributed by atoms with E-state index in [9.17, 15) is 4.79 Å². The van der Waals surface area contributed by atoms with Gasteiger partial charge in [0.25, 0.3) is 5.91 Å². The van der Waals surface area contributed by atoms with Gasteiger partial charge in [0, 0.05) is 4.88 Å². The van der Waals surface area contributed by atoms with Gasteiger partial charge >= 0.3 is 0 Å². The molecule has 0 radical (unpaired) electrons. The van der Waals surface area contributed by atoms with Crippen molar-refractivity contribution in [3.8, 4) is 0 Å². The van der Waals surface area contributed by atoms with E-state index >= 15 is 0 Å². The first-order chi connectivity index (χ1) is 6.25. The van der Waals surface area contributed by atoms with Crippen LogP contribution in [-0.2, 0) is 5.41 Å². The topological polar surface area (TPSA) is 69.1 Å². The van der Waals surface area contributed by atoms with E-state index in [0.717, 1.165) is 9.35 Å². The fraction of sp³-hybridized carbons (Fsp3) is 0.444. The van der Waals surface area contributed by atoms with Crippen LogP contribution in [-0.4, -0.2) is 5.91 Å². The molecule has 0 saturated heterocycles. The molecule has 0 aliphatic carbocycles. The molecule has 0 aliphatic heterocycles. The maximum atomic E-state index is 11.0. The molecule has 3 nitrogen and oxygen atoms in total. The van der Waals surface area contributed by atoms with E-state index < -0.39 is 5.91 Å². The molecule has 1 aromatic rings. The number of amides is 1. The van der Waals surface area contributed by atoms with E-state index in [1.807, 2.05) is 0 Å². The van der Waals surface area contributed by atoms with Crippen molar-refractivity contribution in [1.82, 2.24) is 0 Å².